The third kappa shape index (κ3) is 4.20. The molecule has 28 heavy (non-hydrogen) atoms. The van der Waals surface area contributed by atoms with Gasteiger partial charge in [-0.1, -0.05) is 12.0 Å². The highest BCUT2D eigenvalue weighted by atomic mass is 16.5. The molecular weight excluding hydrogens is 352 g/mol. The van der Waals surface area contributed by atoms with Crippen molar-refractivity contribution in [2.45, 2.75) is 45.1 Å². The molecule has 0 spiro atoms. The number of aliphatic hydroxyl groups is 2. The fraction of sp³-hybridized carbons (Fsp3) is 0.435. The first-order valence-electron chi connectivity index (χ1n) is 9.96. The van der Waals surface area contributed by atoms with Gasteiger partial charge in [-0.05, 0) is 61.6 Å². The van der Waals surface area contributed by atoms with E-state index in [9.17, 15) is 10.2 Å². The van der Waals surface area contributed by atoms with Crippen LogP contribution in [-0.4, -0.2) is 45.6 Å². The lowest BCUT2D eigenvalue weighted by Crippen LogP contribution is -2.49. The number of benzene rings is 1. The van der Waals surface area contributed by atoms with E-state index in [0.29, 0.717) is 12.6 Å². The van der Waals surface area contributed by atoms with Crippen molar-refractivity contribution < 1.29 is 14.9 Å². The van der Waals surface area contributed by atoms with Gasteiger partial charge in [0.15, 0.2) is 6.29 Å². The fourth-order valence-electron chi connectivity index (χ4n) is 3.93. The van der Waals surface area contributed by atoms with Crippen molar-refractivity contribution >= 4 is 0 Å². The predicted octanol–water partition coefficient (Wildman–Crippen LogP) is 2.33. The van der Waals surface area contributed by atoms with Gasteiger partial charge in [0.05, 0.1) is 6.61 Å². The molecule has 0 amide bonds. The van der Waals surface area contributed by atoms with E-state index in [4.69, 9.17) is 9.72 Å². The zero-order chi connectivity index (χ0) is 19.5. The summed E-state index contributed by atoms with van der Waals surface area (Å²) in [6.45, 7) is 4.48. The summed E-state index contributed by atoms with van der Waals surface area (Å²) in [6, 6.07) is 12.4. The molecule has 2 N–H and O–H groups in total. The van der Waals surface area contributed by atoms with E-state index in [-0.39, 0.29) is 5.92 Å². The Kier molecular flexibility index (Phi) is 5.63. The molecule has 0 radical (unpaired) electrons. The number of aliphatic hydroxyl groups excluding tert-OH is 1. The summed E-state index contributed by atoms with van der Waals surface area (Å²) in [5.74, 6) is 7.23. The van der Waals surface area contributed by atoms with Crippen molar-refractivity contribution in [3.8, 4) is 17.6 Å². The Labute approximate surface area is 166 Å². The smallest absolute Gasteiger partial charge is 0.154 e. The summed E-state index contributed by atoms with van der Waals surface area (Å²) in [6.07, 6.45) is 1.47. The molecule has 2 aliphatic rings. The van der Waals surface area contributed by atoms with Crippen molar-refractivity contribution in [1.29, 1.82) is 0 Å². The number of rotatable bonds is 4. The van der Waals surface area contributed by atoms with E-state index in [1.54, 1.807) is 0 Å². The summed E-state index contributed by atoms with van der Waals surface area (Å²) in [4.78, 5) is 7.19. The van der Waals surface area contributed by atoms with Gasteiger partial charge < -0.3 is 14.9 Å². The Bertz CT molecular complexity index is 877. The summed E-state index contributed by atoms with van der Waals surface area (Å²) >= 11 is 0. The number of pyridine rings is 1. The second kappa shape index (κ2) is 8.32. The lowest BCUT2D eigenvalue weighted by atomic mass is 9.78. The van der Waals surface area contributed by atoms with Gasteiger partial charge in [-0.2, -0.15) is 0 Å². The van der Waals surface area contributed by atoms with Crippen LogP contribution < -0.4 is 4.74 Å². The van der Waals surface area contributed by atoms with Gasteiger partial charge in [-0.15, -0.1) is 0 Å². The Morgan fingerprint density at radius 2 is 1.93 bits per heavy atom. The topological polar surface area (TPSA) is 65.8 Å². The number of nitrogens with zero attached hydrogens (tertiary/aromatic N) is 2. The molecular formula is C23H26N2O3. The third-order valence-corrected chi connectivity index (χ3v) is 5.67. The molecule has 1 fully saturated rings. The number of fused-ring (bicyclic) bond motifs is 1. The lowest BCUT2D eigenvalue weighted by molar-refractivity contribution is -0.127. The van der Waals surface area contributed by atoms with E-state index >= 15 is 0 Å². The van der Waals surface area contributed by atoms with E-state index in [2.05, 4.69) is 22.8 Å². The highest BCUT2D eigenvalue weighted by Gasteiger charge is 2.38. The maximum absolute atomic E-state index is 9.25. The Balaban J connectivity index is 1.39. The van der Waals surface area contributed by atoms with Crippen LogP contribution in [0.4, 0.5) is 0 Å². The first-order valence-corrected chi connectivity index (χ1v) is 9.96. The summed E-state index contributed by atoms with van der Waals surface area (Å²) in [7, 11) is 0. The molecule has 1 aliphatic carbocycles. The van der Waals surface area contributed by atoms with Gasteiger partial charge >= 0.3 is 0 Å². The molecule has 2 heterocycles. The monoisotopic (exact) mass is 378 g/mol. The molecule has 4 rings (SSSR count). The van der Waals surface area contributed by atoms with Crippen LogP contribution in [0.2, 0.25) is 0 Å². The van der Waals surface area contributed by atoms with Gasteiger partial charge in [0, 0.05) is 42.7 Å². The minimum atomic E-state index is -1.17. The Hall–Kier alpha value is -2.39. The molecule has 1 aliphatic heterocycles. The molecule has 1 aromatic heterocycles. The minimum Gasteiger partial charge on any atom is -0.494 e. The van der Waals surface area contributed by atoms with Crippen molar-refractivity contribution in [3.05, 3.63) is 58.9 Å². The zero-order valence-electron chi connectivity index (χ0n) is 16.1. The van der Waals surface area contributed by atoms with Crippen LogP contribution in [0.25, 0.3) is 0 Å². The summed E-state index contributed by atoms with van der Waals surface area (Å²) < 4.78 is 5.45. The molecule has 0 saturated heterocycles. The molecule has 2 aromatic rings. The van der Waals surface area contributed by atoms with Gasteiger partial charge in [0.2, 0.25) is 0 Å². The third-order valence-electron chi connectivity index (χ3n) is 5.67. The number of hydrogen-bond acceptors (Lipinski definition) is 5. The summed E-state index contributed by atoms with van der Waals surface area (Å²) in [5, 5.41) is 18.5. The van der Waals surface area contributed by atoms with Crippen LogP contribution in [0, 0.1) is 17.8 Å². The first kappa shape index (κ1) is 18.9. The Morgan fingerprint density at radius 1 is 1.14 bits per heavy atom. The summed E-state index contributed by atoms with van der Waals surface area (Å²) in [5.41, 5.74) is 4.13. The largest absolute Gasteiger partial charge is 0.494 e. The standard InChI is InChI=1S/C23H26N2O3/c1-2-28-21-9-4-16(5-10-21)3-7-19-8-6-17-15-25(12-11-22(17)24-19)20-13-18(14-20)23(26)27/h4-6,8-10,18,20,23,26-27H,2,11-15H2,1H3. The lowest BCUT2D eigenvalue weighted by Gasteiger charge is -2.45. The second-order valence-corrected chi connectivity index (χ2v) is 7.53. The predicted molar refractivity (Wildman–Crippen MR) is 107 cm³/mol. The first-order chi connectivity index (χ1) is 13.6. The number of hydrogen-bond donors (Lipinski definition) is 2. The van der Waals surface area contributed by atoms with Crippen molar-refractivity contribution in [1.82, 2.24) is 9.88 Å². The van der Waals surface area contributed by atoms with Gasteiger partial charge in [0.1, 0.15) is 11.4 Å². The van der Waals surface area contributed by atoms with Crippen LogP contribution in [0.1, 0.15) is 42.3 Å². The fourth-order valence-corrected chi connectivity index (χ4v) is 3.93. The van der Waals surface area contributed by atoms with Gasteiger partial charge in [-0.25, -0.2) is 4.98 Å². The molecule has 5 nitrogen and oxygen atoms in total. The SMILES string of the molecule is CCOc1ccc(C#Cc2ccc3c(n2)CCN(C2CC(C(O)O)C2)C3)cc1. The van der Waals surface area contributed by atoms with Crippen LogP contribution in [0.3, 0.4) is 0 Å². The second-order valence-electron chi connectivity index (χ2n) is 7.53. The van der Waals surface area contributed by atoms with Gasteiger partial charge in [0.25, 0.3) is 0 Å². The molecule has 1 aromatic carbocycles. The molecule has 0 atom stereocenters. The quantitative estimate of drug-likeness (QED) is 0.631. The maximum Gasteiger partial charge on any atom is 0.154 e. The van der Waals surface area contributed by atoms with Crippen molar-refractivity contribution in [3.63, 3.8) is 0 Å². The average Bonchev–Trinajstić information content (AvgIpc) is 2.66. The van der Waals surface area contributed by atoms with Crippen molar-refractivity contribution in [2.75, 3.05) is 13.2 Å². The van der Waals surface area contributed by atoms with E-state index in [0.717, 1.165) is 55.1 Å². The number of aromatic nitrogens is 1. The number of ether oxygens (including phenoxy) is 1. The highest BCUT2D eigenvalue weighted by molar-refractivity contribution is 5.43. The van der Waals surface area contributed by atoms with Crippen LogP contribution in [0.5, 0.6) is 5.75 Å². The minimum absolute atomic E-state index is 0.0322. The Morgan fingerprint density at radius 3 is 2.64 bits per heavy atom. The maximum atomic E-state index is 9.25. The van der Waals surface area contributed by atoms with E-state index in [1.807, 2.05) is 37.3 Å². The molecule has 0 bridgehead atoms. The van der Waals surface area contributed by atoms with Crippen molar-refractivity contribution in [2.24, 2.45) is 5.92 Å². The van der Waals surface area contributed by atoms with E-state index < -0.39 is 6.29 Å². The van der Waals surface area contributed by atoms with Crippen LogP contribution in [0.15, 0.2) is 36.4 Å². The normalized spacial score (nSPS) is 21.4. The van der Waals surface area contributed by atoms with Gasteiger partial charge in [-0.3, -0.25) is 4.90 Å². The molecule has 146 valence electrons. The molecule has 0 unspecified atom stereocenters. The molecule has 1 saturated carbocycles. The highest BCUT2D eigenvalue weighted by Crippen LogP contribution is 2.35. The average molecular weight is 378 g/mol. The van der Waals surface area contributed by atoms with Crippen LogP contribution in [-0.2, 0) is 13.0 Å². The zero-order valence-corrected chi connectivity index (χ0v) is 16.1. The van der Waals surface area contributed by atoms with Crippen LogP contribution >= 0.6 is 0 Å². The molecule has 5 heteroatoms. The van der Waals surface area contributed by atoms with E-state index in [1.165, 1.54) is 5.56 Å².